The predicted molar refractivity (Wildman–Crippen MR) is 69.8 cm³/mol. The van der Waals surface area contributed by atoms with E-state index >= 15 is 0 Å². The number of hydrogen-bond donors (Lipinski definition) is 0. The van der Waals surface area contributed by atoms with Crippen LogP contribution in [-0.4, -0.2) is 36.7 Å². The topological polar surface area (TPSA) is 54.0 Å². The minimum Gasteiger partial charge on any atom is -0.367 e. The van der Waals surface area contributed by atoms with Crippen molar-refractivity contribution in [1.82, 2.24) is 0 Å². The van der Waals surface area contributed by atoms with E-state index in [4.69, 9.17) is 18.9 Å². The molecule has 0 bridgehead atoms. The molecule has 2 heterocycles. The Balaban J connectivity index is 1.68. The molecule has 0 aliphatic carbocycles. The van der Waals surface area contributed by atoms with E-state index in [1.54, 1.807) is 0 Å². The van der Waals surface area contributed by atoms with Gasteiger partial charge in [-0.15, -0.1) is 0 Å². The summed E-state index contributed by atoms with van der Waals surface area (Å²) < 4.78 is 22.7. The maximum atomic E-state index is 11.1. The minimum absolute atomic E-state index is 0.371. The molecule has 0 amide bonds. The van der Waals surface area contributed by atoms with Crippen LogP contribution < -0.4 is 0 Å². The molecule has 0 N–H and O–H groups in total. The summed E-state index contributed by atoms with van der Waals surface area (Å²) in [6.07, 6.45) is -1.26. The number of fused-ring (bicyclic) bond motifs is 1. The quantitative estimate of drug-likeness (QED) is 0.784. The second-order valence-electron chi connectivity index (χ2n) is 5.47. The Labute approximate surface area is 117 Å². The highest BCUT2D eigenvalue weighted by Gasteiger charge is 2.55. The monoisotopic (exact) mass is 278 g/mol. The first-order chi connectivity index (χ1) is 9.59. The molecular formula is C15H18O5. The molecule has 4 atom stereocenters. The van der Waals surface area contributed by atoms with Gasteiger partial charge in [0.25, 0.3) is 0 Å². The summed E-state index contributed by atoms with van der Waals surface area (Å²) in [7, 11) is 0. The lowest BCUT2D eigenvalue weighted by Crippen LogP contribution is -2.37. The molecule has 2 fully saturated rings. The van der Waals surface area contributed by atoms with E-state index in [1.807, 2.05) is 44.2 Å². The van der Waals surface area contributed by atoms with E-state index in [1.165, 1.54) is 0 Å². The lowest BCUT2D eigenvalue weighted by molar-refractivity contribution is -0.216. The fraction of sp³-hybridized carbons (Fsp3) is 0.533. The van der Waals surface area contributed by atoms with Crippen LogP contribution >= 0.6 is 0 Å². The zero-order chi connectivity index (χ0) is 14.2. The summed E-state index contributed by atoms with van der Waals surface area (Å²) in [5.41, 5.74) is 1.04. The number of carbonyl (C=O) groups excluding carboxylic acids is 1. The fourth-order valence-electron chi connectivity index (χ4n) is 2.57. The minimum atomic E-state index is -0.711. The Morgan fingerprint density at radius 3 is 2.70 bits per heavy atom. The number of hydrogen-bond acceptors (Lipinski definition) is 5. The summed E-state index contributed by atoms with van der Waals surface area (Å²) >= 11 is 0. The van der Waals surface area contributed by atoms with E-state index < -0.39 is 24.3 Å². The first kappa shape index (κ1) is 13.7. The van der Waals surface area contributed by atoms with Crippen molar-refractivity contribution >= 4 is 6.29 Å². The zero-order valence-corrected chi connectivity index (χ0v) is 11.5. The van der Waals surface area contributed by atoms with Gasteiger partial charge in [-0.25, -0.2) is 0 Å². The van der Waals surface area contributed by atoms with Crippen molar-refractivity contribution in [3.63, 3.8) is 0 Å². The average Bonchev–Trinajstić information content (AvgIpc) is 2.89. The maximum absolute atomic E-state index is 11.1. The van der Waals surface area contributed by atoms with Crippen molar-refractivity contribution in [2.24, 2.45) is 0 Å². The van der Waals surface area contributed by atoms with Crippen LogP contribution in [0.3, 0.4) is 0 Å². The Morgan fingerprint density at radius 1 is 1.25 bits per heavy atom. The van der Waals surface area contributed by atoms with Crippen LogP contribution in [0.25, 0.3) is 0 Å². The van der Waals surface area contributed by atoms with Crippen LogP contribution in [0.2, 0.25) is 0 Å². The summed E-state index contributed by atoms with van der Waals surface area (Å²) in [6, 6.07) is 9.78. The molecule has 1 aromatic rings. The van der Waals surface area contributed by atoms with Gasteiger partial charge in [-0.3, -0.25) is 0 Å². The highest BCUT2D eigenvalue weighted by atomic mass is 16.8. The van der Waals surface area contributed by atoms with Crippen molar-refractivity contribution in [3.05, 3.63) is 35.9 Å². The average molecular weight is 278 g/mol. The molecule has 5 heteroatoms. The fourth-order valence-corrected chi connectivity index (χ4v) is 2.57. The predicted octanol–water partition coefficient (Wildman–Crippen LogP) is 1.65. The summed E-state index contributed by atoms with van der Waals surface area (Å²) in [5, 5.41) is 0. The van der Waals surface area contributed by atoms with Crippen LogP contribution in [0, 0.1) is 0 Å². The van der Waals surface area contributed by atoms with Gasteiger partial charge in [-0.1, -0.05) is 30.3 Å². The van der Waals surface area contributed by atoms with Gasteiger partial charge in [-0.2, -0.15) is 0 Å². The van der Waals surface area contributed by atoms with Crippen molar-refractivity contribution in [3.8, 4) is 0 Å². The number of rotatable bonds is 4. The van der Waals surface area contributed by atoms with Crippen LogP contribution in [-0.2, 0) is 30.3 Å². The van der Waals surface area contributed by atoms with Crippen LogP contribution in [0.1, 0.15) is 19.4 Å². The Morgan fingerprint density at radius 2 is 2.00 bits per heavy atom. The van der Waals surface area contributed by atoms with Crippen molar-refractivity contribution in [1.29, 1.82) is 0 Å². The van der Waals surface area contributed by atoms with Crippen molar-refractivity contribution < 1.29 is 23.7 Å². The molecule has 1 aromatic carbocycles. The van der Waals surface area contributed by atoms with Crippen LogP contribution in [0.4, 0.5) is 0 Å². The van der Waals surface area contributed by atoms with Gasteiger partial charge in [-0.05, 0) is 19.4 Å². The maximum Gasteiger partial charge on any atom is 0.190 e. The second kappa shape index (κ2) is 5.26. The standard InChI is InChI=1S/C15H18O5/c1-15(2)19-13-12(11(8-16)18-14(13)20-15)17-9-10-6-4-3-5-7-10/h3-8,11-14H,9H2,1-2H3/t11-,12-,13-,14?/m1/s1. The second-order valence-corrected chi connectivity index (χ2v) is 5.47. The van der Waals surface area contributed by atoms with Gasteiger partial charge in [0.1, 0.15) is 18.3 Å². The molecule has 2 aliphatic rings. The highest BCUT2D eigenvalue weighted by molar-refractivity contribution is 5.58. The third-order valence-electron chi connectivity index (χ3n) is 3.45. The van der Waals surface area contributed by atoms with Gasteiger partial charge >= 0.3 is 0 Å². The molecule has 1 unspecified atom stereocenters. The van der Waals surface area contributed by atoms with Gasteiger partial charge in [0.15, 0.2) is 18.4 Å². The molecule has 5 nitrogen and oxygen atoms in total. The molecule has 0 radical (unpaired) electrons. The molecular weight excluding hydrogens is 260 g/mol. The van der Waals surface area contributed by atoms with Crippen LogP contribution in [0.5, 0.6) is 0 Å². The lowest BCUT2D eigenvalue weighted by atomic mass is 10.1. The number of ether oxygens (including phenoxy) is 4. The molecule has 108 valence electrons. The molecule has 20 heavy (non-hydrogen) atoms. The van der Waals surface area contributed by atoms with E-state index in [2.05, 4.69) is 0 Å². The van der Waals surface area contributed by atoms with Crippen molar-refractivity contribution in [2.75, 3.05) is 0 Å². The zero-order valence-electron chi connectivity index (χ0n) is 11.5. The van der Waals surface area contributed by atoms with E-state index in [0.717, 1.165) is 11.8 Å². The molecule has 2 aliphatic heterocycles. The van der Waals surface area contributed by atoms with E-state index in [-0.39, 0.29) is 6.10 Å². The van der Waals surface area contributed by atoms with Crippen molar-refractivity contribution in [2.45, 2.75) is 50.8 Å². The van der Waals surface area contributed by atoms with Crippen LogP contribution in [0.15, 0.2) is 30.3 Å². The summed E-state index contributed by atoms with van der Waals surface area (Å²) in [6.45, 7) is 4.05. The summed E-state index contributed by atoms with van der Waals surface area (Å²) in [5.74, 6) is -0.711. The van der Waals surface area contributed by atoms with Gasteiger partial charge in [0.05, 0.1) is 6.61 Å². The number of benzene rings is 1. The normalized spacial score (nSPS) is 34.9. The molecule has 2 saturated heterocycles. The number of carbonyl (C=O) groups is 1. The number of aldehydes is 1. The molecule has 3 rings (SSSR count). The third kappa shape index (κ3) is 2.62. The summed E-state index contributed by atoms with van der Waals surface area (Å²) in [4.78, 5) is 11.1. The molecule has 0 saturated carbocycles. The largest absolute Gasteiger partial charge is 0.367 e. The Hall–Kier alpha value is -1.27. The lowest BCUT2D eigenvalue weighted by Gasteiger charge is -2.23. The molecule has 0 spiro atoms. The van der Waals surface area contributed by atoms with Gasteiger partial charge in [0, 0.05) is 0 Å². The smallest absolute Gasteiger partial charge is 0.190 e. The SMILES string of the molecule is CC1(C)OC2O[C@H](C=O)[C@@H](OCc3ccccc3)[C@H]2O1. The van der Waals surface area contributed by atoms with E-state index in [9.17, 15) is 4.79 Å². The third-order valence-corrected chi connectivity index (χ3v) is 3.45. The Bertz CT molecular complexity index is 472. The van der Waals surface area contributed by atoms with Gasteiger partial charge < -0.3 is 23.7 Å². The molecule has 0 aromatic heterocycles. The highest BCUT2D eigenvalue weighted by Crippen LogP contribution is 2.38. The van der Waals surface area contributed by atoms with E-state index in [0.29, 0.717) is 6.61 Å². The first-order valence-corrected chi connectivity index (χ1v) is 6.71. The first-order valence-electron chi connectivity index (χ1n) is 6.71. The van der Waals surface area contributed by atoms with Gasteiger partial charge in [0.2, 0.25) is 0 Å². The Kier molecular flexibility index (Phi) is 3.60.